The first-order valence-corrected chi connectivity index (χ1v) is 3.33. The van der Waals surface area contributed by atoms with E-state index >= 15 is 0 Å². The van der Waals surface area contributed by atoms with E-state index in [0.29, 0.717) is 5.69 Å². The van der Waals surface area contributed by atoms with Crippen LogP contribution in [0.1, 0.15) is 0 Å². The third-order valence-corrected chi connectivity index (χ3v) is 1.44. The maximum atomic E-state index is 10.2. The van der Waals surface area contributed by atoms with Gasteiger partial charge in [0.15, 0.2) is 0 Å². The first-order valence-electron chi connectivity index (χ1n) is 2.88. The van der Waals surface area contributed by atoms with E-state index in [2.05, 4.69) is 17.5 Å². The third-order valence-electron chi connectivity index (χ3n) is 1.19. The second-order valence-electron chi connectivity index (χ2n) is 1.92. The van der Waals surface area contributed by atoms with Crippen molar-refractivity contribution in [1.29, 1.82) is 0 Å². The zero-order valence-electron chi connectivity index (χ0n) is 5.52. The third kappa shape index (κ3) is 1.84. The molecule has 0 aliphatic carbocycles. The minimum atomic E-state index is -0.450. The summed E-state index contributed by atoms with van der Waals surface area (Å²) >= 11 is 3.75. The molecule has 0 radical (unpaired) electrons. The minimum Gasteiger partial charge on any atom is -0.332 e. The fraction of sp³-hybridized carbons (Fsp3) is 0. The van der Waals surface area contributed by atoms with Gasteiger partial charge < -0.3 is 4.72 Å². The average Bonchev–Trinajstić information content (AvgIpc) is 2.05. The van der Waals surface area contributed by atoms with Gasteiger partial charge in [0, 0.05) is 12.1 Å². The standard InChI is InChI=1S/C6H6N2O2S/c9-8(10)6-3-1-2-5(4-6)7-11/h1-4,7,11H. The molecule has 1 aromatic carbocycles. The molecule has 0 saturated carbocycles. The highest BCUT2D eigenvalue weighted by atomic mass is 32.1. The quantitative estimate of drug-likeness (QED) is 0.404. The van der Waals surface area contributed by atoms with Gasteiger partial charge in [-0.25, -0.2) is 0 Å². The Hall–Kier alpha value is -1.23. The van der Waals surface area contributed by atoms with Crippen LogP contribution >= 0.6 is 12.8 Å². The molecule has 4 nitrogen and oxygen atoms in total. The molecule has 0 saturated heterocycles. The van der Waals surface area contributed by atoms with E-state index in [9.17, 15) is 10.1 Å². The SMILES string of the molecule is O=[N+]([O-])c1cccc(NS)c1. The number of non-ortho nitro benzene ring substituents is 1. The van der Waals surface area contributed by atoms with E-state index < -0.39 is 4.92 Å². The van der Waals surface area contributed by atoms with Crippen LogP contribution in [0.2, 0.25) is 0 Å². The summed E-state index contributed by atoms with van der Waals surface area (Å²) in [6.07, 6.45) is 0. The number of nitrogens with one attached hydrogen (secondary N) is 1. The Morgan fingerprint density at radius 2 is 2.27 bits per heavy atom. The monoisotopic (exact) mass is 170 g/mol. The molecule has 58 valence electrons. The van der Waals surface area contributed by atoms with Gasteiger partial charge in [0.05, 0.1) is 10.6 Å². The lowest BCUT2D eigenvalue weighted by molar-refractivity contribution is -0.384. The van der Waals surface area contributed by atoms with Gasteiger partial charge >= 0.3 is 0 Å². The lowest BCUT2D eigenvalue weighted by Gasteiger charge is -1.96. The van der Waals surface area contributed by atoms with Gasteiger partial charge in [-0.2, -0.15) is 0 Å². The van der Waals surface area contributed by atoms with Crippen LogP contribution in [-0.2, 0) is 0 Å². The molecule has 0 aliphatic heterocycles. The summed E-state index contributed by atoms with van der Waals surface area (Å²) in [7, 11) is 0. The van der Waals surface area contributed by atoms with E-state index in [1.807, 2.05) is 0 Å². The molecular weight excluding hydrogens is 164 g/mol. The molecule has 0 aliphatic rings. The molecule has 0 bridgehead atoms. The van der Waals surface area contributed by atoms with Crippen LogP contribution in [0, 0.1) is 10.1 Å². The van der Waals surface area contributed by atoms with Crippen molar-refractivity contribution in [3.63, 3.8) is 0 Å². The van der Waals surface area contributed by atoms with Crippen molar-refractivity contribution in [3.05, 3.63) is 34.4 Å². The lowest BCUT2D eigenvalue weighted by Crippen LogP contribution is -1.88. The fourth-order valence-corrected chi connectivity index (χ4v) is 0.828. The molecule has 0 fully saturated rings. The summed E-state index contributed by atoms with van der Waals surface area (Å²) in [5, 5.41) is 10.2. The van der Waals surface area contributed by atoms with Crippen LogP contribution in [-0.4, -0.2) is 4.92 Å². The molecule has 0 amide bonds. The van der Waals surface area contributed by atoms with Crippen molar-refractivity contribution < 1.29 is 4.92 Å². The summed E-state index contributed by atoms with van der Waals surface area (Å²) in [5.41, 5.74) is 0.673. The van der Waals surface area contributed by atoms with Crippen LogP contribution in [0.15, 0.2) is 24.3 Å². The van der Waals surface area contributed by atoms with Crippen LogP contribution in [0.25, 0.3) is 0 Å². The van der Waals surface area contributed by atoms with E-state index in [-0.39, 0.29) is 5.69 Å². The largest absolute Gasteiger partial charge is 0.332 e. The number of hydrogen-bond donors (Lipinski definition) is 2. The van der Waals surface area contributed by atoms with Crippen LogP contribution < -0.4 is 4.72 Å². The molecule has 0 atom stereocenters. The van der Waals surface area contributed by atoms with Gasteiger partial charge in [-0.1, -0.05) is 18.9 Å². The number of benzene rings is 1. The first-order chi connectivity index (χ1) is 5.24. The van der Waals surface area contributed by atoms with Crippen molar-refractivity contribution in [2.75, 3.05) is 4.72 Å². The topological polar surface area (TPSA) is 55.2 Å². The van der Waals surface area contributed by atoms with Crippen LogP contribution in [0.4, 0.5) is 11.4 Å². The Balaban J connectivity index is 3.01. The minimum absolute atomic E-state index is 0.0593. The van der Waals surface area contributed by atoms with Gasteiger partial charge in [0.25, 0.3) is 5.69 Å². The van der Waals surface area contributed by atoms with Crippen molar-refractivity contribution in [2.24, 2.45) is 0 Å². The predicted molar refractivity (Wildman–Crippen MR) is 45.7 cm³/mol. The zero-order valence-corrected chi connectivity index (χ0v) is 6.41. The Morgan fingerprint density at radius 1 is 1.55 bits per heavy atom. The van der Waals surface area contributed by atoms with Crippen molar-refractivity contribution in [3.8, 4) is 0 Å². The summed E-state index contributed by atoms with van der Waals surface area (Å²) in [6.45, 7) is 0. The van der Waals surface area contributed by atoms with E-state index in [1.54, 1.807) is 12.1 Å². The van der Waals surface area contributed by atoms with Gasteiger partial charge in [0.1, 0.15) is 0 Å². The summed E-state index contributed by atoms with van der Waals surface area (Å²) in [5.74, 6) is 0. The molecular formula is C6H6N2O2S. The average molecular weight is 170 g/mol. The Labute approximate surface area is 68.9 Å². The number of hydrogen-bond acceptors (Lipinski definition) is 4. The molecule has 1 rings (SSSR count). The number of anilines is 1. The van der Waals surface area contributed by atoms with E-state index in [4.69, 9.17) is 0 Å². The second kappa shape index (κ2) is 3.25. The molecule has 11 heavy (non-hydrogen) atoms. The summed E-state index contributed by atoms with van der Waals surface area (Å²) in [6, 6.07) is 6.12. The molecule has 1 N–H and O–H groups in total. The Bertz CT molecular complexity index is 277. The summed E-state index contributed by atoms with van der Waals surface area (Å²) in [4.78, 5) is 9.77. The van der Waals surface area contributed by atoms with Gasteiger partial charge in [-0.15, -0.1) is 0 Å². The molecule has 0 spiro atoms. The Morgan fingerprint density at radius 3 is 2.82 bits per heavy atom. The number of nitro benzene ring substituents is 1. The van der Waals surface area contributed by atoms with Crippen molar-refractivity contribution in [1.82, 2.24) is 0 Å². The van der Waals surface area contributed by atoms with Crippen LogP contribution in [0.3, 0.4) is 0 Å². The maximum Gasteiger partial charge on any atom is 0.271 e. The normalized spacial score (nSPS) is 9.18. The molecule has 5 heteroatoms. The van der Waals surface area contributed by atoms with Gasteiger partial charge in [-0.05, 0) is 6.07 Å². The fourth-order valence-electron chi connectivity index (χ4n) is 0.689. The summed E-state index contributed by atoms with van der Waals surface area (Å²) < 4.78 is 2.51. The Kier molecular flexibility index (Phi) is 2.32. The first kappa shape index (κ1) is 7.87. The van der Waals surface area contributed by atoms with Crippen molar-refractivity contribution >= 4 is 24.2 Å². The zero-order chi connectivity index (χ0) is 8.27. The highest BCUT2D eigenvalue weighted by molar-refractivity contribution is 7.81. The molecule has 0 aromatic heterocycles. The second-order valence-corrected chi connectivity index (χ2v) is 2.14. The predicted octanol–water partition coefficient (Wildman–Crippen LogP) is 1.85. The van der Waals surface area contributed by atoms with E-state index in [1.165, 1.54) is 12.1 Å². The molecule has 0 unspecified atom stereocenters. The highest BCUT2D eigenvalue weighted by Crippen LogP contribution is 2.16. The van der Waals surface area contributed by atoms with Crippen LogP contribution in [0.5, 0.6) is 0 Å². The molecule has 0 heterocycles. The lowest BCUT2D eigenvalue weighted by atomic mass is 10.3. The number of nitrogens with zero attached hydrogens (tertiary/aromatic N) is 1. The maximum absolute atomic E-state index is 10.2. The molecule has 1 aromatic rings. The van der Waals surface area contributed by atoms with Gasteiger partial charge in [-0.3, -0.25) is 10.1 Å². The van der Waals surface area contributed by atoms with Gasteiger partial charge in [0.2, 0.25) is 0 Å². The number of thiol groups is 1. The number of rotatable bonds is 2. The smallest absolute Gasteiger partial charge is 0.271 e. The highest BCUT2D eigenvalue weighted by Gasteiger charge is 2.03. The number of nitro groups is 1. The van der Waals surface area contributed by atoms with Crippen molar-refractivity contribution in [2.45, 2.75) is 0 Å². The van der Waals surface area contributed by atoms with E-state index in [0.717, 1.165) is 0 Å².